The first kappa shape index (κ1) is 25.5. The number of esters is 1. The molecule has 0 unspecified atom stereocenters. The van der Waals surface area contributed by atoms with Crippen molar-refractivity contribution in [2.75, 3.05) is 6.61 Å². The van der Waals surface area contributed by atoms with Gasteiger partial charge >= 0.3 is 5.97 Å². The molecule has 0 aliphatic carbocycles. The molecule has 0 aromatic rings. The summed E-state index contributed by atoms with van der Waals surface area (Å²) < 4.78 is 5.34. The minimum atomic E-state index is 0.0153. The quantitative estimate of drug-likeness (QED) is 0.160. The van der Waals surface area contributed by atoms with Crippen LogP contribution in [-0.2, 0) is 9.53 Å². The minimum absolute atomic E-state index is 0.0153. The highest BCUT2D eigenvalue weighted by atomic mass is 16.5. The predicted molar refractivity (Wildman–Crippen MR) is 115 cm³/mol. The molecule has 0 fully saturated rings. The molecule has 26 heavy (non-hydrogen) atoms. The third-order valence-electron chi connectivity index (χ3n) is 5.17. The minimum Gasteiger partial charge on any atom is -0.466 e. The Hall–Kier alpha value is -0.530. The molecule has 0 radical (unpaired) electrons. The number of ether oxygens (including phenoxy) is 1. The van der Waals surface area contributed by atoms with E-state index >= 15 is 0 Å². The summed E-state index contributed by atoms with van der Waals surface area (Å²) in [6.45, 7) is 7.49. The van der Waals surface area contributed by atoms with Crippen molar-refractivity contribution in [3.8, 4) is 0 Å². The lowest BCUT2D eigenvalue weighted by Gasteiger charge is -2.06. The Balaban J connectivity index is 3.16. The molecule has 0 amide bonds. The van der Waals surface area contributed by atoms with Gasteiger partial charge in [-0.25, -0.2) is 0 Å². The smallest absolute Gasteiger partial charge is 0.305 e. The molecule has 156 valence electrons. The molecule has 0 aromatic carbocycles. The van der Waals surface area contributed by atoms with E-state index in [0.29, 0.717) is 13.0 Å². The van der Waals surface area contributed by atoms with E-state index in [9.17, 15) is 4.79 Å². The normalized spacial score (nSPS) is 11.2. The second kappa shape index (κ2) is 20.8. The average Bonchev–Trinajstić information content (AvgIpc) is 2.61. The van der Waals surface area contributed by atoms with Crippen LogP contribution in [0.4, 0.5) is 0 Å². The van der Waals surface area contributed by atoms with E-state index in [0.717, 1.165) is 18.8 Å². The van der Waals surface area contributed by atoms with Crippen molar-refractivity contribution in [1.82, 2.24) is 0 Å². The third-order valence-corrected chi connectivity index (χ3v) is 5.17. The van der Waals surface area contributed by atoms with Gasteiger partial charge in [0, 0.05) is 6.42 Å². The summed E-state index contributed by atoms with van der Waals surface area (Å²) >= 11 is 0. The van der Waals surface area contributed by atoms with E-state index in [1.807, 2.05) is 0 Å². The van der Waals surface area contributed by atoms with E-state index < -0.39 is 0 Å². The Kier molecular flexibility index (Phi) is 20.4. The monoisotopic (exact) mass is 368 g/mol. The third kappa shape index (κ3) is 21.5. The van der Waals surface area contributed by atoms with Crippen molar-refractivity contribution >= 4 is 5.97 Å². The molecule has 2 nitrogen and oxygen atoms in total. The number of carbonyl (C=O) groups excluding carboxylic acids is 1. The number of unbranched alkanes of at least 4 members (excludes halogenated alkanes) is 14. The van der Waals surface area contributed by atoms with Gasteiger partial charge < -0.3 is 4.74 Å². The molecule has 0 aromatic heterocycles. The largest absolute Gasteiger partial charge is 0.466 e. The van der Waals surface area contributed by atoms with Crippen LogP contribution >= 0.6 is 0 Å². The van der Waals surface area contributed by atoms with Crippen LogP contribution in [0.2, 0.25) is 0 Å². The predicted octanol–water partition coefficient (Wildman–Crippen LogP) is 8.23. The topological polar surface area (TPSA) is 26.3 Å². The van der Waals surface area contributed by atoms with Gasteiger partial charge in [-0.3, -0.25) is 4.79 Å². The van der Waals surface area contributed by atoms with E-state index in [1.54, 1.807) is 0 Å². The summed E-state index contributed by atoms with van der Waals surface area (Å²) in [5, 5.41) is 0. The summed E-state index contributed by atoms with van der Waals surface area (Å²) in [6.07, 6.45) is 22.6. The van der Waals surface area contributed by atoms with Crippen LogP contribution in [0.15, 0.2) is 0 Å². The molecule has 0 bridgehead atoms. The fraction of sp³-hybridized carbons (Fsp3) is 0.958. The summed E-state index contributed by atoms with van der Waals surface area (Å²) in [5.74, 6) is 0.859. The van der Waals surface area contributed by atoms with Crippen LogP contribution in [0.3, 0.4) is 0 Å². The molecule has 0 heterocycles. The zero-order valence-corrected chi connectivity index (χ0v) is 18.3. The van der Waals surface area contributed by atoms with Gasteiger partial charge in [-0.1, -0.05) is 117 Å². The zero-order chi connectivity index (χ0) is 19.3. The van der Waals surface area contributed by atoms with E-state index in [2.05, 4.69) is 20.8 Å². The second-order valence-corrected chi connectivity index (χ2v) is 8.46. The maximum atomic E-state index is 11.7. The zero-order valence-electron chi connectivity index (χ0n) is 18.3. The Morgan fingerprint density at radius 2 is 1.12 bits per heavy atom. The highest BCUT2D eigenvalue weighted by molar-refractivity contribution is 5.69. The lowest BCUT2D eigenvalue weighted by molar-refractivity contribution is -0.143. The molecular weight excluding hydrogens is 320 g/mol. The van der Waals surface area contributed by atoms with Gasteiger partial charge in [0.25, 0.3) is 0 Å². The fourth-order valence-electron chi connectivity index (χ4n) is 3.38. The molecule has 0 N–H and O–H groups in total. The number of carbonyl (C=O) groups is 1. The van der Waals surface area contributed by atoms with Crippen LogP contribution in [0.1, 0.15) is 136 Å². The van der Waals surface area contributed by atoms with Crippen molar-refractivity contribution < 1.29 is 9.53 Å². The van der Waals surface area contributed by atoms with Gasteiger partial charge in [-0.2, -0.15) is 0 Å². The average molecular weight is 369 g/mol. The van der Waals surface area contributed by atoms with Crippen LogP contribution in [0, 0.1) is 5.92 Å². The van der Waals surface area contributed by atoms with Crippen LogP contribution in [0.5, 0.6) is 0 Å². The lowest BCUT2D eigenvalue weighted by atomic mass is 10.0. The van der Waals surface area contributed by atoms with Crippen LogP contribution < -0.4 is 0 Å². The molecule has 0 spiro atoms. The Morgan fingerprint density at radius 3 is 1.65 bits per heavy atom. The molecule has 0 saturated carbocycles. The molecule has 2 heteroatoms. The SMILES string of the molecule is CCCCCCCCCCCOC(=O)CCCCCCCCCC(C)C. The van der Waals surface area contributed by atoms with Gasteiger partial charge in [0.15, 0.2) is 0 Å². The van der Waals surface area contributed by atoms with Crippen molar-refractivity contribution in [2.24, 2.45) is 5.92 Å². The van der Waals surface area contributed by atoms with E-state index in [4.69, 9.17) is 4.74 Å². The summed E-state index contributed by atoms with van der Waals surface area (Å²) in [6, 6.07) is 0. The molecule has 0 rings (SSSR count). The van der Waals surface area contributed by atoms with Crippen molar-refractivity contribution in [1.29, 1.82) is 0 Å². The van der Waals surface area contributed by atoms with E-state index in [1.165, 1.54) is 96.3 Å². The summed E-state index contributed by atoms with van der Waals surface area (Å²) in [5.41, 5.74) is 0. The van der Waals surface area contributed by atoms with Crippen molar-refractivity contribution in [2.45, 2.75) is 136 Å². The lowest BCUT2D eigenvalue weighted by Crippen LogP contribution is -2.05. The van der Waals surface area contributed by atoms with Gasteiger partial charge in [0.1, 0.15) is 0 Å². The highest BCUT2D eigenvalue weighted by Gasteiger charge is 2.02. The Morgan fingerprint density at radius 1 is 0.654 bits per heavy atom. The second-order valence-electron chi connectivity index (χ2n) is 8.46. The number of rotatable bonds is 20. The van der Waals surface area contributed by atoms with Crippen LogP contribution in [-0.4, -0.2) is 12.6 Å². The Bertz CT molecular complexity index is 286. The van der Waals surface area contributed by atoms with Gasteiger partial charge in [-0.05, 0) is 18.8 Å². The molecule has 0 atom stereocenters. The van der Waals surface area contributed by atoms with Crippen molar-refractivity contribution in [3.63, 3.8) is 0 Å². The number of hydrogen-bond donors (Lipinski definition) is 0. The number of hydrogen-bond acceptors (Lipinski definition) is 2. The maximum absolute atomic E-state index is 11.7. The summed E-state index contributed by atoms with van der Waals surface area (Å²) in [7, 11) is 0. The first-order valence-electron chi connectivity index (χ1n) is 11.8. The van der Waals surface area contributed by atoms with E-state index in [-0.39, 0.29) is 5.97 Å². The molecule has 0 aliphatic heterocycles. The maximum Gasteiger partial charge on any atom is 0.305 e. The van der Waals surface area contributed by atoms with Gasteiger partial charge in [-0.15, -0.1) is 0 Å². The van der Waals surface area contributed by atoms with Gasteiger partial charge in [0.05, 0.1) is 6.61 Å². The van der Waals surface area contributed by atoms with Crippen LogP contribution in [0.25, 0.3) is 0 Å². The molecular formula is C24H48O2. The molecule has 0 aliphatic rings. The highest BCUT2D eigenvalue weighted by Crippen LogP contribution is 2.13. The van der Waals surface area contributed by atoms with Gasteiger partial charge in [0.2, 0.25) is 0 Å². The first-order valence-corrected chi connectivity index (χ1v) is 11.8. The molecule has 0 saturated heterocycles. The Labute approximate surface area is 164 Å². The standard InChI is InChI=1S/C24H48O2/c1-4-5-6-7-8-9-13-16-19-22-26-24(25)21-18-15-12-10-11-14-17-20-23(2)3/h23H,4-22H2,1-3H3. The van der Waals surface area contributed by atoms with Crippen molar-refractivity contribution in [3.05, 3.63) is 0 Å². The summed E-state index contributed by atoms with van der Waals surface area (Å²) in [4.78, 5) is 11.7. The first-order chi connectivity index (χ1) is 12.7. The fourth-order valence-corrected chi connectivity index (χ4v) is 3.38.